The molecule has 2 aromatic heterocycles. The van der Waals surface area contributed by atoms with E-state index in [1.807, 2.05) is 6.07 Å². The van der Waals surface area contributed by atoms with E-state index in [-0.39, 0.29) is 11.3 Å². The number of rotatable bonds is 2. The first-order valence-corrected chi connectivity index (χ1v) is 7.37. The molecule has 4 rings (SSSR count). The minimum absolute atomic E-state index is 0.186. The maximum atomic E-state index is 11.1. The van der Waals surface area contributed by atoms with Crippen molar-refractivity contribution in [2.45, 2.75) is 6.92 Å². The van der Waals surface area contributed by atoms with Gasteiger partial charge in [-0.05, 0) is 24.3 Å². The van der Waals surface area contributed by atoms with E-state index in [0.29, 0.717) is 39.1 Å². The van der Waals surface area contributed by atoms with Gasteiger partial charge >= 0.3 is 5.97 Å². The van der Waals surface area contributed by atoms with Gasteiger partial charge in [0.05, 0.1) is 16.5 Å². The van der Waals surface area contributed by atoms with Crippen molar-refractivity contribution < 1.29 is 19.4 Å². The van der Waals surface area contributed by atoms with Gasteiger partial charge in [0.1, 0.15) is 22.9 Å². The highest BCUT2D eigenvalue weighted by molar-refractivity contribution is 6.06. The van der Waals surface area contributed by atoms with Crippen LogP contribution in [0.15, 0.2) is 40.9 Å². The lowest BCUT2D eigenvalue weighted by molar-refractivity contribution is 0.0693. The Morgan fingerprint density at radius 2 is 2.12 bits per heavy atom. The van der Waals surface area contributed by atoms with E-state index in [1.54, 1.807) is 29.8 Å². The third-order valence-corrected chi connectivity index (χ3v) is 4.04. The monoisotopic (exact) mass is 333 g/mol. The molecule has 0 amide bonds. The smallest absolute Gasteiger partial charge is 0.339 e. The zero-order chi connectivity index (χ0) is 17.7. The van der Waals surface area contributed by atoms with E-state index in [4.69, 9.17) is 9.52 Å². The van der Waals surface area contributed by atoms with E-state index in [2.05, 4.69) is 11.1 Å². The van der Waals surface area contributed by atoms with E-state index in [0.717, 1.165) is 0 Å². The number of aromatic carboxylic acids is 1. The molecule has 0 radical (unpaired) electrons. The molecule has 0 saturated heterocycles. The Labute approximate surface area is 141 Å². The van der Waals surface area contributed by atoms with Crippen LogP contribution in [0.2, 0.25) is 0 Å². The van der Waals surface area contributed by atoms with E-state index in [9.17, 15) is 15.2 Å². The van der Waals surface area contributed by atoms with Crippen molar-refractivity contribution in [3.8, 4) is 17.5 Å². The number of phenols is 1. The Kier molecular flexibility index (Phi) is 3.02. The molecule has 0 spiro atoms. The number of aryl methyl sites for hydroxylation is 1. The van der Waals surface area contributed by atoms with Crippen LogP contribution in [0.4, 0.5) is 0 Å². The van der Waals surface area contributed by atoms with Crippen LogP contribution in [-0.2, 0) is 0 Å². The van der Waals surface area contributed by atoms with Gasteiger partial charge < -0.3 is 19.2 Å². The first kappa shape index (κ1) is 14.8. The summed E-state index contributed by atoms with van der Waals surface area (Å²) in [4.78, 5) is 15.3. The number of fused-ring (bicyclic) bond motifs is 3. The number of carboxylic acid groups (broad SMARTS) is 1. The number of oxazole rings is 1. The highest BCUT2D eigenvalue weighted by Crippen LogP contribution is 2.33. The summed E-state index contributed by atoms with van der Waals surface area (Å²) in [5, 5.41) is 29.1. The van der Waals surface area contributed by atoms with Crippen molar-refractivity contribution in [2.75, 3.05) is 0 Å². The summed E-state index contributed by atoms with van der Waals surface area (Å²) in [6.07, 6.45) is 1.62. The number of carboxylic acids is 1. The number of hydrogen-bond donors (Lipinski definition) is 2. The standard InChI is InChI=1S/C18H11N3O4/c1-9-20-13-4-5-14-16(17(13)25-9)10(7-19)8-21(14)11-2-3-12(18(23)24)15(22)6-11/h2-6,8,22H,1H3,(H,23,24). The molecule has 0 bridgehead atoms. The molecule has 0 saturated carbocycles. The van der Waals surface area contributed by atoms with Gasteiger partial charge in [0.2, 0.25) is 0 Å². The predicted octanol–water partition coefficient (Wildman–Crippen LogP) is 3.36. The molecule has 4 aromatic rings. The maximum absolute atomic E-state index is 11.1. The zero-order valence-corrected chi connectivity index (χ0v) is 13.0. The number of nitrogens with zero attached hydrogens (tertiary/aromatic N) is 3. The second-order valence-corrected chi connectivity index (χ2v) is 5.57. The molecule has 0 unspecified atom stereocenters. The minimum Gasteiger partial charge on any atom is -0.507 e. The SMILES string of the molecule is Cc1nc2ccc3c(c(C#N)cn3-c3ccc(C(=O)O)c(O)c3)c2o1. The van der Waals surface area contributed by atoms with Gasteiger partial charge in [0.25, 0.3) is 0 Å². The highest BCUT2D eigenvalue weighted by Gasteiger charge is 2.18. The summed E-state index contributed by atoms with van der Waals surface area (Å²) in [5.74, 6) is -1.05. The molecular weight excluding hydrogens is 322 g/mol. The average Bonchev–Trinajstić information content (AvgIpc) is 3.13. The summed E-state index contributed by atoms with van der Waals surface area (Å²) in [6, 6.07) is 9.98. The quantitative estimate of drug-likeness (QED) is 0.581. The largest absolute Gasteiger partial charge is 0.507 e. The fourth-order valence-corrected chi connectivity index (χ4v) is 2.97. The van der Waals surface area contributed by atoms with Crippen molar-refractivity contribution in [3.63, 3.8) is 0 Å². The summed E-state index contributed by atoms with van der Waals surface area (Å²) < 4.78 is 7.35. The van der Waals surface area contributed by atoms with Gasteiger partial charge in [0, 0.05) is 24.9 Å². The Hall–Kier alpha value is -3.79. The van der Waals surface area contributed by atoms with Crippen LogP contribution in [-0.4, -0.2) is 25.7 Å². The van der Waals surface area contributed by atoms with E-state index >= 15 is 0 Å². The summed E-state index contributed by atoms with van der Waals surface area (Å²) in [5.41, 5.74) is 2.62. The van der Waals surface area contributed by atoms with Crippen LogP contribution in [0.25, 0.3) is 27.7 Å². The number of carbonyl (C=O) groups is 1. The lowest BCUT2D eigenvalue weighted by Gasteiger charge is -2.07. The molecule has 0 aliphatic carbocycles. The Bertz CT molecular complexity index is 1210. The fraction of sp³-hybridized carbons (Fsp3) is 0.0556. The Morgan fingerprint density at radius 1 is 1.32 bits per heavy atom. The van der Waals surface area contributed by atoms with Crippen molar-refractivity contribution >= 4 is 28.0 Å². The van der Waals surface area contributed by atoms with Crippen LogP contribution < -0.4 is 0 Å². The number of aromatic hydroxyl groups is 1. The molecule has 2 heterocycles. The van der Waals surface area contributed by atoms with Gasteiger partial charge in [0.15, 0.2) is 11.5 Å². The van der Waals surface area contributed by atoms with Crippen LogP contribution in [0.3, 0.4) is 0 Å². The third-order valence-electron chi connectivity index (χ3n) is 4.04. The van der Waals surface area contributed by atoms with Gasteiger partial charge in [-0.1, -0.05) is 0 Å². The number of benzene rings is 2. The zero-order valence-electron chi connectivity index (χ0n) is 13.0. The van der Waals surface area contributed by atoms with Crippen molar-refractivity contribution in [1.29, 1.82) is 5.26 Å². The fourth-order valence-electron chi connectivity index (χ4n) is 2.97. The van der Waals surface area contributed by atoms with Crippen LogP contribution in [0.1, 0.15) is 21.8 Å². The topological polar surface area (TPSA) is 112 Å². The van der Waals surface area contributed by atoms with Gasteiger partial charge in [-0.25, -0.2) is 9.78 Å². The van der Waals surface area contributed by atoms with Crippen LogP contribution in [0.5, 0.6) is 5.75 Å². The molecule has 2 aromatic carbocycles. The molecule has 122 valence electrons. The number of hydrogen-bond acceptors (Lipinski definition) is 5. The van der Waals surface area contributed by atoms with Gasteiger partial charge in [-0.3, -0.25) is 0 Å². The average molecular weight is 333 g/mol. The lowest BCUT2D eigenvalue weighted by Crippen LogP contribution is -1.98. The Morgan fingerprint density at radius 3 is 2.80 bits per heavy atom. The highest BCUT2D eigenvalue weighted by atomic mass is 16.4. The molecular formula is C18H11N3O4. The second kappa shape index (κ2) is 5.11. The first-order chi connectivity index (χ1) is 12.0. The normalized spacial score (nSPS) is 11.0. The summed E-state index contributed by atoms with van der Waals surface area (Å²) in [6.45, 7) is 1.73. The summed E-state index contributed by atoms with van der Waals surface area (Å²) in [7, 11) is 0. The summed E-state index contributed by atoms with van der Waals surface area (Å²) >= 11 is 0. The van der Waals surface area contributed by atoms with Gasteiger partial charge in [-0.15, -0.1) is 0 Å². The van der Waals surface area contributed by atoms with Crippen molar-refractivity contribution in [3.05, 3.63) is 53.5 Å². The van der Waals surface area contributed by atoms with Gasteiger partial charge in [-0.2, -0.15) is 5.26 Å². The van der Waals surface area contributed by atoms with Crippen LogP contribution >= 0.6 is 0 Å². The molecule has 25 heavy (non-hydrogen) atoms. The molecule has 7 nitrogen and oxygen atoms in total. The molecule has 2 N–H and O–H groups in total. The second-order valence-electron chi connectivity index (χ2n) is 5.57. The molecule has 0 aliphatic rings. The minimum atomic E-state index is -1.21. The maximum Gasteiger partial charge on any atom is 0.339 e. The predicted molar refractivity (Wildman–Crippen MR) is 88.9 cm³/mol. The van der Waals surface area contributed by atoms with Crippen molar-refractivity contribution in [2.24, 2.45) is 0 Å². The molecule has 0 aliphatic heterocycles. The van der Waals surface area contributed by atoms with E-state index < -0.39 is 5.97 Å². The Balaban J connectivity index is 2.03. The number of nitriles is 1. The molecule has 0 fully saturated rings. The lowest BCUT2D eigenvalue weighted by atomic mass is 10.1. The van der Waals surface area contributed by atoms with E-state index in [1.165, 1.54) is 12.1 Å². The molecule has 0 atom stereocenters. The third kappa shape index (κ3) is 2.12. The first-order valence-electron chi connectivity index (χ1n) is 7.37. The molecule has 7 heteroatoms. The van der Waals surface area contributed by atoms with Crippen molar-refractivity contribution in [1.82, 2.24) is 9.55 Å². The number of aromatic nitrogens is 2. The van der Waals surface area contributed by atoms with Crippen LogP contribution in [0, 0.1) is 18.3 Å².